The quantitative estimate of drug-likeness (QED) is 0.870. The van der Waals surface area contributed by atoms with Crippen molar-refractivity contribution in [3.8, 4) is 0 Å². The van der Waals surface area contributed by atoms with Crippen LogP contribution in [-0.2, 0) is 6.54 Å². The van der Waals surface area contributed by atoms with Crippen LogP contribution in [0.5, 0.6) is 0 Å². The van der Waals surface area contributed by atoms with Crippen molar-refractivity contribution in [2.24, 2.45) is 0 Å². The van der Waals surface area contributed by atoms with Crippen molar-refractivity contribution in [1.82, 2.24) is 9.78 Å². The molecule has 1 saturated carbocycles. The monoisotopic (exact) mass is 343 g/mol. The van der Waals surface area contributed by atoms with Crippen LogP contribution in [0, 0.1) is 0 Å². The zero-order chi connectivity index (χ0) is 17.5. The Balaban J connectivity index is 1.80. The number of amides is 1. The normalized spacial score (nSPS) is 14.6. The number of alkyl halides is 3. The first-order chi connectivity index (χ1) is 11.2. The molecular weight excluding hydrogens is 331 g/mol. The number of aromatic nitrogens is 2. The number of nitrogens with zero attached hydrogens (tertiary/aromatic N) is 2. The lowest BCUT2D eigenvalue weighted by atomic mass is 10.2. The molecule has 1 aliphatic carbocycles. The Morgan fingerprint density at radius 2 is 2.12 bits per heavy atom. The van der Waals surface area contributed by atoms with E-state index in [0.29, 0.717) is 5.69 Å². The summed E-state index contributed by atoms with van der Waals surface area (Å²) in [7, 11) is 0. The van der Waals surface area contributed by atoms with Gasteiger partial charge in [0.15, 0.2) is 5.76 Å². The minimum Gasteiger partial charge on any atom is -0.478 e. The Morgan fingerprint density at radius 3 is 2.67 bits per heavy atom. The molecule has 0 aliphatic heterocycles. The topological polar surface area (TPSA) is 97.4 Å². The highest BCUT2D eigenvalue weighted by molar-refractivity contribution is 6.04. The highest BCUT2D eigenvalue weighted by Gasteiger charge is 2.33. The van der Waals surface area contributed by atoms with Crippen LogP contribution in [0.15, 0.2) is 22.9 Å². The van der Waals surface area contributed by atoms with Crippen LogP contribution in [0.2, 0.25) is 0 Å². The van der Waals surface area contributed by atoms with E-state index in [0.717, 1.165) is 36.0 Å². The third-order valence-electron chi connectivity index (χ3n) is 3.41. The summed E-state index contributed by atoms with van der Waals surface area (Å²) in [5.41, 5.74) is 0.355. The number of carbonyl (C=O) groups excluding carboxylic acids is 1. The number of carboxylic acids is 1. The van der Waals surface area contributed by atoms with Crippen LogP contribution >= 0.6 is 0 Å². The van der Waals surface area contributed by atoms with Gasteiger partial charge in [-0.2, -0.15) is 18.3 Å². The van der Waals surface area contributed by atoms with E-state index in [1.165, 1.54) is 0 Å². The maximum absolute atomic E-state index is 12.5. The van der Waals surface area contributed by atoms with Crippen molar-refractivity contribution >= 4 is 17.6 Å². The van der Waals surface area contributed by atoms with E-state index in [2.05, 4.69) is 10.4 Å². The molecule has 0 saturated heterocycles. The van der Waals surface area contributed by atoms with E-state index in [9.17, 15) is 22.8 Å². The maximum atomic E-state index is 12.5. The van der Waals surface area contributed by atoms with Crippen LogP contribution in [0.4, 0.5) is 18.9 Å². The van der Waals surface area contributed by atoms with Gasteiger partial charge in [-0.15, -0.1) is 0 Å². The number of carboxylic acid groups (broad SMARTS) is 1. The van der Waals surface area contributed by atoms with Gasteiger partial charge in [0.25, 0.3) is 5.91 Å². The molecule has 0 spiro atoms. The zero-order valence-corrected chi connectivity index (χ0v) is 12.1. The van der Waals surface area contributed by atoms with Gasteiger partial charge in [0.05, 0.1) is 16.9 Å². The Bertz CT molecular complexity index is 790. The lowest BCUT2D eigenvalue weighted by Gasteiger charge is -2.05. The Hall–Kier alpha value is -2.78. The third-order valence-corrected chi connectivity index (χ3v) is 3.41. The second-order valence-electron chi connectivity index (χ2n) is 5.47. The minimum absolute atomic E-state index is 0.0148. The summed E-state index contributed by atoms with van der Waals surface area (Å²) in [5, 5.41) is 15.1. The number of aromatic carboxylic acids is 1. The second kappa shape index (κ2) is 5.69. The molecule has 0 radical (unpaired) electrons. The molecule has 2 aromatic rings. The fraction of sp³-hybridized carbons (Fsp3) is 0.357. The van der Waals surface area contributed by atoms with Crippen molar-refractivity contribution in [3.63, 3.8) is 0 Å². The fourth-order valence-corrected chi connectivity index (χ4v) is 2.21. The molecule has 24 heavy (non-hydrogen) atoms. The van der Waals surface area contributed by atoms with Crippen molar-refractivity contribution in [3.05, 3.63) is 35.5 Å². The van der Waals surface area contributed by atoms with Crippen LogP contribution in [0.25, 0.3) is 0 Å². The molecule has 1 aliphatic rings. The summed E-state index contributed by atoms with van der Waals surface area (Å²) in [6.45, 7) is -1.26. The van der Waals surface area contributed by atoms with Gasteiger partial charge in [-0.05, 0) is 12.8 Å². The third kappa shape index (κ3) is 3.58. The van der Waals surface area contributed by atoms with Crippen molar-refractivity contribution < 1.29 is 32.3 Å². The van der Waals surface area contributed by atoms with E-state index in [-0.39, 0.29) is 22.9 Å². The van der Waals surface area contributed by atoms with E-state index in [4.69, 9.17) is 9.52 Å². The zero-order valence-electron chi connectivity index (χ0n) is 12.1. The molecule has 0 atom stereocenters. The molecule has 1 fully saturated rings. The predicted molar refractivity (Wildman–Crippen MR) is 73.9 cm³/mol. The molecular formula is C14H12F3N3O4. The highest BCUT2D eigenvalue weighted by Crippen LogP contribution is 2.42. The van der Waals surface area contributed by atoms with E-state index in [1.54, 1.807) is 0 Å². The first kappa shape index (κ1) is 16.1. The van der Waals surface area contributed by atoms with Crippen molar-refractivity contribution in [2.75, 3.05) is 5.32 Å². The molecule has 10 heteroatoms. The first-order valence-corrected chi connectivity index (χ1v) is 7.00. The van der Waals surface area contributed by atoms with Gasteiger partial charge < -0.3 is 14.8 Å². The minimum atomic E-state index is -4.43. The lowest BCUT2D eigenvalue weighted by Crippen LogP contribution is -2.18. The number of carbonyl (C=O) groups is 2. The lowest BCUT2D eigenvalue weighted by molar-refractivity contribution is -0.142. The van der Waals surface area contributed by atoms with Gasteiger partial charge in [-0.1, -0.05) is 0 Å². The predicted octanol–water partition coefficient (Wildman–Crippen LogP) is 2.87. The standard InChI is InChI=1S/C14H12F3N3O4/c15-14(16,17)6-20-4-9(11(19-20)7-1-2-7)18-12(21)10-3-8(5-24-10)13(22)23/h3-5,7H,1-2,6H2,(H,18,21)(H,22,23). The molecule has 128 valence electrons. The van der Waals surface area contributed by atoms with Crippen molar-refractivity contribution in [1.29, 1.82) is 0 Å². The molecule has 2 heterocycles. The smallest absolute Gasteiger partial charge is 0.408 e. The molecule has 2 aromatic heterocycles. The Labute approximate surface area is 133 Å². The maximum Gasteiger partial charge on any atom is 0.408 e. The number of halogens is 3. The number of anilines is 1. The van der Waals surface area contributed by atoms with Gasteiger partial charge >= 0.3 is 12.1 Å². The van der Waals surface area contributed by atoms with Gasteiger partial charge in [-0.3, -0.25) is 9.48 Å². The van der Waals surface area contributed by atoms with Gasteiger partial charge in [0, 0.05) is 18.2 Å². The fourth-order valence-electron chi connectivity index (χ4n) is 2.21. The summed E-state index contributed by atoms with van der Waals surface area (Å²) in [5.74, 6) is -2.25. The highest BCUT2D eigenvalue weighted by atomic mass is 19.4. The number of nitrogens with one attached hydrogen (secondary N) is 1. The molecule has 2 N–H and O–H groups in total. The first-order valence-electron chi connectivity index (χ1n) is 7.00. The molecule has 3 rings (SSSR count). The van der Waals surface area contributed by atoms with Crippen molar-refractivity contribution in [2.45, 2.75) is 31.5 Å². The van der Waals surface area contributed by atoms with Gasteiger partial charge in [0.1, 0.15) is 12.8 Å². The average Bonchev–Trinajstić information content (AvgIpc) is 3.04. The van der Waals surface area contributed by atoms with E-state index >= 15 is 0 Å². The summed E-state index contributed by atoms with van der Waals surface area (Å²) >= 11 is 0. The molecule has 0 aromatic carbocycles. The van der Waals surface area contributed by atoms with Crippen LogP contribution in [0.1, 0.15) is 45.4 Å². The summed E-state index contributed by atoms with van der Waals surface area (Å²) in [6, 6.07) is 1.04. The van der Waals surface area contributed by atoms with Gasteiger partial charge in [0.2, 0.25) is 0 Å². The number of furan rings is 1. The second-order valence-corrected chi connectivity index (χ2v) is 5.47. The largest absolute Gasteiger partial charge is 0.478 e. The van der Waals surface area contributed by atoms with Crippen LogP contribution in [-0.4, -0.2) is 32.9 Å². The summed E-state index contributed by atoms with van der Waals surface area (Å²) in [6.07, 6.45) is -0.830. The SMILES string of the molecule is O=C(O)c1coc(C(=O)Nc2cn(CC(F)(F)F)nc2C2CC2)c1. The molecule has 1 amide bonds. The average molecular weight is 343 g/mol. The molecule has 0 bridgehead atoms. The molecule has 7 nitrogen and oxygen atoms in total. The number of hydrogen-bond acceptors (Lipinski definition) is 4. The van der Waals surface area contributed by atoms with Gasteiger partial charge in [-0.25, -0.2) is 4.79 Å². The van der Waals surface area contributed by atoms with E-state index in [1.807, 2.05) is 0 Å². The number of hydrogen-bond donors (Lipinski definition) is 2. The number of rotatable bonds is 5. The molecule has 0 unspecified atom stereocenters. The summed E-state index contributed by atoms with van der Waals surface area (Å²) < 4.78 is 43.1. The van der Waals surface area contributed by atoms with E-state index < -0.39 is 24.6 Å². The summed E-state index contributed by atoms with van der Waals surface area (Å²) in [4.78, 5) is 22.9. The van der Waals surface area contributed by atoms with Crippen LogP contribution in [0.3, 0.4) is 0 Å². The van der Waals surface area contributed by atoms with Crippen LogP contribution < -0.4 is 5.32 Å². The Kier molecular flexibility index (Phi) is 3.82. The Morgan fingerprint density at radius 1 is 1.42 bits per heavy atom.